The lowest BCUT2D eigenvalue weighted by atomic mass is 10.0. The molecule has 1 nitrogen and oxygen atoms in total. The van der Waals surface area contributed by atoms with E-state index in [0.29, 0.717) is 6.04 Å². The van der Waals surface area contributed by atoms with Crippen molar-refractivity contribution in [1.82, 2.24) is 5.32 Å². The van der Waals surface area contributed by atoms with Gasteiger partial charge in [-0.05, 0) is 59.8 Å². The fourth-order valence-electron chi connectivity index (χ4n) is 1.65. The molecule has 0 radical (unpaired) electrons. The lowest BCUT2D eigenvalue weighted by Crippen LogP contribution is -2.17. The molecule has 0 aromatic heterocycles. The summed E-state index contributed by atoms with van der Waals surface area (Å²) in [5, 5.41) is 4.18. The summed E-state index contributed by atoms with van der Waals surface area (Å²) >= 11 is 8.39. The lowest BCUT2D eigenvalue weighted by Gasteiger charge is -2.18. The van der Waals surface area contributed by atoms with E-state index in [1.165, 1.54) is 28.4 Å². The van der Waals surface area contributed by atoms with Crippen molar-refractivity contribution in [1.29, 1.82) is 0 Å². The average molecular weight is 338 g/mol. The molecule has 1 atom stereocenters. The molecule has 1 unspecified atom stereocenters. The van der Waals surface area contributed by atoms with E-state index in [-0.39, 0.29) is 0 Å². The largest absolute Gasteiger partial charge is 0.313 e. The summed E-state index contributed by atoms with van der Waals surface area (Å²) in [5.74, 6) is 0. The van der Waals surface area contributed by atoms with E-state index in [1.807, 2.05) is 13.1 Å². The van der Waals surface area contributed by atoms with E-state index in [4.69, 9.17) is 11.6 Å². The molecule has 0 heterocycles. The quantitative estimate of drug-likeness (QED) is 0.786. The molecule has 84 valence electrons. The van der Waals surface area contributed by atoms with E-state index >= 15 is 0 Å². The van der Waals surface area contributed by atoms with Crippen LogP contribution in [0.5, 0.6) is 0 Å². The standard InChI is InChI=1S/C12H17ClIN/c1-3-4-5-12(15-2)10-8-9(13)6-7-11(10)14/h6-8,12,15H,3-5H2,1-2H3. The second-order valence-corrected chi connectivity index (χ2v) is 5.25. The minimum Gasteiger partial charge on any atom is -0.313 e. The SMILES string of the molecule is CCCCC(NC)c1cc(Cl)ccc1I. The van der Waals surface area contributed by atoms with Gasteiger partial charge in [-0.15, -0.1) is 0 Å². The molecule has 15 heavy (non-hydrogen) atoms. The minimum atomic E-state index is 0.426. The molecule has 0 bridgehead atoms. The molecule has 0 aliphatic carbocycles. The molecule has 0 aliphatic rings. The zero-order valence-electron chi connectivity index (χ0n) is 9.19. The Morgan fingerprint density at radius 1 is 1.47 bits per heavy atom. The molecule has 1 N–H and O–H groups in total. The summed E-state index contributed by atoms with van der Waals surface area (Å²) in [4.78, 5) is 0. The van der Waals surface area contributed by atoms with Gasteiger partial charge in [-0.2, -0.15) is 0 Å². The number of benzene rings is 1. The van der Waals surface area contributed by atoms with Crippen molar-refractivity contribution in [3.8, 4) is 0 Å². The summed E-state index contributed by atoms with van der Waals surface area (Å²) in [6.07, 6.45) is 3.65. The number of unbranched alkanes of at least 4 members (excludes halogenated alkanes) is 1. The van der Waals surface area contributed by atoms with Gasteiger partial charge < -0.3 is 5.32 Å². The Labute approximate surface area is 111 Å². The Balaban J connectivity index is 2.85. The van der Waals surface area contributed by atoms with Gasteiger partial charge in [0, 0.05) is 14.6 Å². The van der Waals surface area contributed by atoms with E-state index < -0.39 is 0 Å². The highest BCUT2D eigenvalue weighted by Crippen LogP contribution is 2.26. The van der Waals surface area contributed by atoms with Gasteiger partial charge >= 0.3 is 0 Å². The third kappa shape index (κ3) is 3.93. The second-order valence-electron chi connectivity index (χ2n) is 3.65. The fourth-order valence-corrected chi connectivity index (χ4v) is 2.54. The third-order valence-corrected chi connectivity index (χ3v) is 3.75. The Hall–Kier alpha value is 0.200. The molecule has 0 saturated carbocycles. The minimum absolute atomic E-state index is 0.426. The molecule has 0 amide bonds. The van der Waals surface area contributed by atoms with Crippen LogP contribution in [0.3, 0.4) is 0 Å². The Bertz CT molecular complexity index is 314. The van der Waals surface area contributed by atoms with E-state index in [1.54, 1.807) is 0 Å². The summed E-state index contributed by atoms with van der Waals surface area (Å²) in [6, 6.07) is 6.52. The van der Waals surface area contributed by atoms with Gasteiger partial charge in [0.1, 0.15) is 0 Å². The molecule has 1 aromatic rings. The fraction of sp³-hybridized carbons (Fsp3) is 0.500. The first-order valence-corrected chi connectivity index (χ1v) is 6.77. The first-order chi connectivity index (χ1) is 7.19. The Morgan fingerprint density at radius 2 is 2.20 bits per heavy atom. The molecule has 0 saturated heterocycles. The van der Waals surface area contributed by atoms with Gasteiger partial charge in [-0.25, -0.2) is 0 Å². The maximum Gasteiger partial charge on any atom is 0.0410 e. The number of halogens is 2. The van der Waals surface area contributed by atoms with Crippen molar-refractivity contribution in [3.05, 3.63) is 32.4 Å². The molecule has 0 spiro atoms. The van der Waals surface area contributed by atoms with Crippen LogP contribution in [0.25, 0.3) is 0 Å². The van der Waals surface area contributed by atoms with Gasteiger partial charge in [-0.3, -0.25) is 0 Å². The van der Waals surface area contributed by atoms with Gasteiger partial charge in [0.2, 0.25) is 0 Å². The van der Waals surface area contributed by atoms with E-state index in [0.717, 1.165) is 5.02 Å². The lowest BCUT2D eigenvalue weighted by molar-refractivity contribution is 0.521. The summed E-state index contributed by atoms with van der Waals surface area (Å²) in [6.45, 7) is 2.22. The Morgan fingerprint density at radius 3 is 2.80 bits per heavy atom. The maximum atomic E-state index is 6.02. The smallest absolute Gasteiger partial charge is 0.0410 e. The van der Waals surface area contributed by atoms with Crippen LogP contribution in [0.2, 0.25) is 5.02 Å². The molecule has 1 rings (SSSR count). The van der Waals surface area contributed by atoms with Crippen molar-refractivity contribution < 1.29 is 0 Å². The second kappa shape index (κ2) is 6.71. The zero-order valence-corrected chi connectivity index (χ0v) is 12.1. The summed E-state index contributed by atoms with van der Waals surface area (Å²) < 4.78 is 1.28. The van der Waals surface area contributed by atoms with E-state index in [9.17, 15) is 0 Å². The van der Waals surface area contributed by atoms with Crippen LogP contribution in [0.15, 0.2) is 18.2 Å². The van der Waals surface area contributed by atoms with Gasteiger partial charge in [-0.1, -0.05) is 31.4 Å². The van der Waals surface area contributed by atoms with Crippen molar-refractivity contribution in [2.24, 2.45) is 0 Å². The highest BCUT2D eigenvalue weighted by atomic mass is 127. The normalized spacial score (nSPS) is 12.8. The van der Waals surface area contributed by atoms with E-state index in [2.05, 4.69) is 47.0 Å². The predicted octanol–water partition coefficient (Wildman–Crippen LogP) is 4.40. The van der Waals surface area contributed by atoms with Crippen molar-refractivity contribution in [3.63, 3.8) is 0 Å². The maximum absolute atomic E-state index is 6.02. The predicted molar refractivity (Wildman–Crippen MR) is 75.5 cm³/mol. The first-order valence-electron chi connectivity index (χ1n) is 5.31. The van der Waals surface area contributed by atoms with Crippen molar-refractivity contribution in [2.45, 2.75) is 32.2 Å². The number of nitrogens with one attached hydrogen (secondary N) is 1. The highest BCUT2D eigenvalue weighted by molar-refractivity contribution is 14.1. The molecule has 0 fully saturated rings. The molecular formula is C12H17ClIN. The summed E-state index contributed by atoms with van der Waals surface area (Å²) in [5.41, 5.74) is 1.32. The third-order valence-electron chi connectivity index (χ3n) is 2.53. The van der Waals surface area contributed by atoms with Gasteiger partial charge in [0.05, 0.1) is 0 Å². The van der Waals surface area contributed by atoms with Crippen LogP contribution in [-0.4, -0.2) is 7.05 Å². The Kier molecular flexibility index (Phi) is 5.94. The number of hydrogen-bond acceptors (Lipinski definition) is 1. The topological polar surface area (TPSA) is 12.0 Å². The van der Waals surface area contributed by atoms with Crippen LogP contribution >= 0.6 is 34.2 Å². The van der Waals surface area contributed by atoms with Crippen LogP contribution in [0, 0.1) is 3.57 Å². The molecule has 3 heteroatoms. The first kappa shape index (κ1) is 13.3. The average Bonchev–Trinajstić information content (AvgIpc) is 2.24. The van der Waals surface area contributed by atoms with Gasteiger partial charge in [0.25, 0.3) is 0 Å². The molecule has 1 aromatic carbocycles. The van der Waals surface area contributed by atoms with Crippen LogP contribution in [-0.2, 0) is 0 Å². The molecular weight excluding hydrogens is 320 g/mol. The van der Waals surface area contributed by atoms with Crippen molar-refractivity contribution >= 4 is 34.2 Å². The zero-order chi connectivity index (χ0) is 11.3. The van der Waals surface area contributed by atoms with Crippen LogP contribution in [0.1, 0.15) is 37.8 Å². The monoisotopic (exact) mass is 337 g/mol. The number of rotatable bonds is 5. The van der Waals surface area contributed by atoms with Crippen LogP contribution in [0.4, 0.5) is 0 Å². The van der Waals surface area contributed by atoms with Gasteiger partial charge in [0.15, 0.2) is 0 Å². The number of hydrogen-bond donors (Lipinski definition) is 1. The summed E-state index contributed by atoms with van der Waals surface area (Å²) in [7, 11) is 2.01. The highest BCUT2D eigenvalue weighted by Gasteiger charge is 2.12. The van der Waals surface area contributed by atoms with Crippen LogP contribution < -0.4 is 5.32 Å². The van der Waals surface area contributed by atoms with Crippen molar-refractivity contribution in [2.75, 3.05) is 7.05 Å². The molecule has 0 aliphatic heterocycles.